The van der Waals surface area contributed by atoms with Gasteiger partial charge >= 0.3 is 5.97 Å². The van der Waals surface area contributed by atoms with Crippen LogP contribution in [0.25, 0.3) is 0 Å². The van der Waals surface area contributed by atoms with Crippen LogP contribution in [0.3, 0.4) is 0 Å². The minimum atomic E-state index is -0.891. The molecule has 0 aromatic heterocycles. The quantitative estimate of drug-likeness (QED) is 0.619. The first kappa shape index (κ1) is 20.9. The minimum absolute atomic E-state index is 0.110. The number of hydrogen-bond donors (Lipinski definition) is 3. The fraction of sp³-hybridized carbons (Fsp3) is 0.571. The Hall–Kier alpha value is -2.37. The van der Waals surface area contributed by atoms with Crippen molar-refractivity contribution in [3.8, 4) is 0 Å². The molecule has 1 atom stereocenters. The third kappa shape index (κ3) is 6.70. The fourth-order valence-electron chi connectivity index (χ4n) is 3.45. The van der Waals surface area contributed by atoms with Crippen LogP contribution in [0, 0.1) is 17.8 Å². The summed E-state index contributed by atoms with van der Waals surface area (Å²) in [6, 6.07) is 7.02. The monoisotopic (exact) mass is 374 g/mol. The predicted octanol–water partition coefficient (Wildman–Crippen LogP) is 2.97. The van der Waals surface area contributed by atoms with Crippen molar-refractivity contribution in [1.82, 2.24) is 10.6 Å². The van der Waals surface area contributed by atoms with Gasteiger partial charge in [0.15, 0.2) is 0 Å². The van der Waals surface area contributed by atoms with Crippen LogP contribution in [-0.4, -0.2) is 29.4 Å². The van der Waals surface area contributed by atoms with Gasteiger partial charge in [0, 0.05) is 24.6 Å². The highest BCUT2D eigenvalue weighted by Gasteiger charge is 2.22. The summed E-state index contributed by atoms with van der Waals surface area (Å²) >= 11 is 0. The Bertz CT molecular complexity index is 649. The van der Waals surface area contributed by atoms with Gasteiger partial charge in [0.2, 0.25) is 5.91 Å². The molecule has 6 nitrogen and oxygen atoms in total. The van der Waals surface area contributed by atoms with Crippen LogP contribution in [0.15, 0.2) is 24.3 Å². The molecule has 2 rings (SSSR count). The predicted molar refractivity (Wildman–Crippen MR) is 103 cm³/mol. The van der Waals surface area contributed by atoms with Crippen molar-refractivity contribution in [2.75, 3.05) is 6.54 Å². The zero-order valence-electron chi connectivity index (χ0n) is 16.2. The van der Waals surface area contributed by atoms with E-state index in [-0.39, 0.29) is 30.2 Å². The molecule has 6 heteroatoms. The molecular formula is C21H30N2O4. The molecule has 0 spiro atoms. The van der Waals surface area contributed by atoms with Crippen LogP contribution in [0.4, 0.5) is 0 Å². The highest BCUT2D eigenvalue weighted by atomic mass is 16.4. The van der Waals surface area contributed by atoms with E-state index < -0.39 is 11.9 Å². The smallest absolute Gasteiger partial charge is 0.308 e. The van der Waals surface area contributed by atoms with E-state index in [2.05, 4.69) is 10.6 Å². The van der Waals surface area contributed by atoms with Crippen molar-refractivity contribution in [3.63, 3.8) is 0 Å². The van der Waals surface area contributed by atoms with Crippen LogP contribution in [0.1, 0.15) is 61.9 Å². The van der Waals surface area contributed by atoms with Crippen LogP contribution in [0.2, 0.25) is 0 Å². The second kappa shape index (κ2) is 10.1. The standard InChI is InChI=1S/C21H30N2O4/c1-14(2)11-18(21(26)27)13-23-20(25)17-9-7-15(8-10-17)12-22-19(24)16-5-3-4-6-16/h7-10,14,16,18H,3-6,11-13H2,1-2H3,(H,22,24)(H,23,25)(H,26,27). The molecule has 1 unspecified atom stereocenters. The van der Waals surface area contributed by atoms with Gasteiger partial charge in [-0.3, -0.25) is 14.4 Å². The van der Waals surface area contributed by atoms with Gasteiger partial charge in [-0.2, -0.15) is 0 Å². The van der Waals surface area contributed by atoms with E-state index in [1.165, 1.54) is 0 Å². The highest BCUT2D eigenvalue weighted by Crippen LogP contribution is 2.24. The number of benzene rings is 1. The van der Waals surface area contributed by atoms with Gasteiger partial charge in [-0.1, -0.05) is 38.8 Å². The van der Waals surface area contributed by atoms with Gasteiger partial charge in [-0.05, 0) is 42.9 Å². The van der Waals surface area contributed by atoms with Crippen molar-refractivity contribution in [3.05, 3.63) is 35.4 Å². The number of carboxylic acid groups (broad SMARTS) is 1. The lowest BCUT2D eigenvalue weighted by atomic mass is 9.97. The van der Waals surface area contributed by atoms with E-state index in [1.54, 1.807) is 12.1 Å². The third-order valence-corrected chi connectivity index (χ3v) is 5.02. The maximum absolute atomic E-state index is 12.2. The zero-order chi connectivity index (χ0) is 19.8. The van der Waals surface area contributed by atoms with Crippen molar-refractivity contribution in [2.24, 2.45) is 17.8 Å². The average Bonchev–Trinajstić information content (AvgIpc) is 3.17. The Morgan fingerprint density at radius 1 is 1.07 bits per heavy atom. The van der Waals surface area contributed by atoms with Crippen LogP contribution in [0.5, 0.6) is 0 Å². The first-order valence-electron chi connectivity index (χ1n) is 9.74. The first-order valence-corrected chi connectivity index (χ1v) is 9.74. The number of carboxylic acids is 1. The summed E-state index contributed by atoms with van der Waals surface area (Å²) < 4.78 is 0. The van der Waals surface area contributed by atoms with Crippen LogP contribution in [-0.2, 0) is 16.1 Å². The number of carbonyl (C=O) groups excluding carboxylic acids is 2. The molecule has 0 aliphatic heterocycles. The molecule has 3 N–H and O–H groups in total. The summed E-state index contributed by atoms with van der Waals surface area (Å²) in [5.41, 5.74) is 1.41. The molecule has 1 aromatic carbocycles. The minimum Gasteiger partial charge on any atom is -0.481 e. The van der Waals surface area contributed by atoms with E-state index in [9.17, 15) is 19.5 Å². The second-order valence-electron chi connectivity index (χ2n) is 7.77. The van der Waals surface area contributed by atoms with Gasteiger partial charge in [-0.15, -0.1) is 0 Å². The van der Waals surface area contributed by atoms with Gasteiger partial charge in [0.25, 0.3) is 5.91 Å². The topological polar surface area (TPSA) is 95.5 Å². The molecule has 0 bridgehead atoms. The number of carbonyl (C=O) groups is 3. The van der Waals surface area contributed by atoms with Crippen molar-refractivity contribution >= 4 is 17.8 Å². The Labute approximate surface area is 160 Å². The summed E-state index contributed by atoms with van der Waals surface area (Å²) in [5.74, 6) is -1.26. The second-order valence-corrected chi connectivity index (χ2v) is 7.77. The summed E-state index contributed by atoms with van der Waals surface area (Å²) in [6.07, 6.45) is 4.72. The first-order chi connectivity index (χ1) is 12.9. The maximum atomic E-state index is 12.2. The van der Waals surface area contributed by atoms with Crippen LogP contribution >= 0.6 is 0 Å². The van der Waals surface area contributed by atoms with Crippen molar-refractivity contribution in [2.45, 2.75) is 52.5 Å². The largest absolute Gasteiger partial charge is 0.481 e. The van der Waals surface area contributed by atoms with E-state index >= 15 is 0 Å². The molecule has 0 radical (unpaired) electrons. The lowest BCUT2D eigenvalue weighted by Gasteiger charge is -2.15. The molecule has 1 saturated carbocycles. The summed E-state index contributed by atoms with van der Waals surface area (Å²) in [6.45, 7) is 4.49. The maximum Gasteiger partial charge on any atom is 0.308 e. The molecule has 1 fully saturated rings. The van der Waals surface area contributed by atoms with E-state index in [1.807, 2.05) is 26.0 Å². The van der Waals surface area contributed by atoms with Crippen molar-refractivity contribution in [1.29, 1.82) is 0 Å². The number of amides is 2. The molecular weight excluding hydrogens is 344 g/mol. The van der Waals surface area contributed by atoms with E-state index in [4.69, 9.17) is 0 Å². The molecule has 27 heavy (non-hydrogen) atoms. The Kier molecular flexibility index (Phi) is 7.82. The summed E-state index contributed by atoms with van der Waals surface area (Å²) in [5, 5.41) is 14.9. The number of hydrogen-bond acceptors (Lipinski definition) is 3. The molecule has 148 valence electrons. The number of nitrogens with one attached hydrogen (secondary N) is 2. The van der Waals surface area contributed by atoms with Gasteiger partial charge in [-0.25, -0.2) is 0 Å². The SMILES string of the molecule is CC(C)CC(CNC(=O)c1ccc(CNC(=O)C2CCCC2)cc1)C(=O)O. The number of aliphatic carboxylic acids is 1. The van der Waals surface area contributed by atoms with Crippen LogP contribution < -0.4 is 10.6 Å². The normalized spacial score (nSPS) is 15.5. The lowest BCUT2D eigenvalue weighted by Crippen LogP contribution is -2.33. The zero-order valence-corrected chi connectivity index (χ0v) is 16.2. The van der Waals surface area contributed by atoms with Gasteiger partial charge in [0.1, 0.15) is 0 Å². The molecule has 0 heterocycles. The van der Waals surface area contributed by atoms with E-state index in [0.29, 0.717) is 18.5 Å². The molecule has 1 aliphatic rings. The Balaban J connectivity index is 1.81. The molecule has 0 saturated heterocycles. The summed E-state index contributed by atoms with van der Waals surface area (Å²) in [4.78, 5) is 35.6. The van der Waals surface area contributed by atoms with Gasteiger partial charge in [0.05, 0.1) is 5.92 Å². The summed E-state index contributed by atoms with van der Waals surface area (Å²) in [7, 11) is 0. The fourth-order valence-corrected chi connectivity index (χ4v) is 3.45. The Morgan fingerprint density at radius 2 is 1.70 bits per heavy atom. The molecule has 1 aromatic rings. The van der Waals surface area contributed by atoms with E-state index in [0.717, 1.165) is 31.2 Å². The average molecular weight is 374 g/mol. The molecule has 2 amide bonds. The Morgan fingerprint density at radius 3 is 2.26 bits per heavy atom. The van der Waals surface area contributed by atoms with Crippen molar-refractivity contribution < 1.29 is 19.5 Å². The molecule has 1 aliphatic carbocycles. The lowest BCUT2D eigenvalue weighted by molar-refractivity contribution is -0.142. The third-order valence-electron chi connectivity index (χ3n) is 5.02. The number of rotatable bonds is 9. The van der Waals surface area contributed by atoms with Gasteiger partial charge < -0.3 is 15.7 Å². The highest BCUT2D eigenvalue weighted by molar-refractivity contribution is 5.94.